The number of pyridine rings is 1. The first-order valence-electron chi connectivity index (χ1n) is 8.98. The van der Waals surface area contributed by atoms with Crippen LogP contribution in [-0.4, -0.2) is 27.6 Å². The average molecular weight is 365 g/mol. The molecule has 7 heteroatoms. The van der Waals surface area contributed by atoms with E-state index in [2.05, 4.69) is 25.8 Å². The van der Waals surface area contributed by atoms with E-state index in [0.717, 1.165) is 11.1 Å². The Labute approximate surface area is 158 Å². The number of rotatable bonds is 7. The fraction of sp³-hybridized carbons (Fsp3) is 0.300. The van der Waals surface area contributed by atoms with Crippen LogP contribution in [0.2, 0.25) is 0 Å². The summed E-state index contributed by atoms with van der Waals surface area (Å²) in [6.45, 7) is 7.08. The Hall–Kier alpha value is -3.22. The van der Waals surface area contributed by atoms with Crippen LogP contribution < -0.4 is 10.6 Å². The standard InChI is InChI=1S/C20H23N5O2/c1-4-21-19(26)15-7-5-6-14(10-15)12-23-17-11-16(8-9-22-17)20-24-18(13(2)3)25-27-20/h5-11,13H,4,12H2,1-3H3,(H,21,26)(H,22,23). The van der Waals surface area contributed by atoms with E-state index in [4.69, 9.17) is 4.52 Å². The van der Waals surface area contributed by atoms with Gasteiger partial charge in [-0.1, -0.05) is 31.1 Å². The molecule has 0 spiro atoms. The molecule has 2 aromatic heterocycles. The maximum Gasteiger partial charge on any atom is 0.258 e. The molecule has 1 aromatic carbocycles. The maximum atomic E-state index is 12.0. The number of carbonyl (C=O) groups is 1. The molecule has 0 aliphatic heterocycles. The lowest BCUT2D eigenvalue weighted by Crippen LogP contribution is -2.22. The highest BCUT2D eigenvalue weighted by molar-refractivity contribution is 5.94. The van der Waals surface area contributed by atoms with E-state index in [1.54, 1.807) is 12.3 Å². The van der Waals surface area contributed by atoms with Crippen molar-refractivity contribution in [3.63, 3.8) is 0 Å². The van der Waals surface area contributed by atoms with Gasteiger partial charge in [-0.3, -0.25) is 4.79 Å². The highest BCUT2D eigenvalue weighted by Gasteiger charge is 2.12. The van der Waals surface area contributed by atoms with E-state index in [0.29, 0.717) is 36.2 Å². The first-order valence-corrected chi connectivity index (χ1v) is 8.98. The highest BCUT2D eigenvalue weighted by atomic mass is 16.5. The summed E-state index contributed by atoms with van der Waals surface area (Å²) >= 11 is 0. The summed E-state index contributed by atoms with van der Waals surface area (Å²) in [6, 6.07) is 11.2. The minimum atomic E-state index is -0.0724. The number of hydrogen-bond acceptors (Lipinski definition) is 6. The molecule has 2 heterocycles. The number of aromatic nitrogens is 3. The van der Waals surface area contributed by atoms with Crippen molar-refractivity contribution in [2.24, 2.45) is 0 Å². The van der Waals surface area contributed by atoms with Crippen LogP contribution in [0.1, 0.15) is 48.4 Å². The van der Waals surface area contributed by atoms with Gasteiger partial charge in [0.25, 0.3) is 11.8 Å². The Bertz CT molecular complexity index is 920. The maximum absolute atomic E-state index is 12.0. The number of hydrogen-bond donors (Lipinski definition) is 2. The van der Waals surface area contributed by atoms with Crippen molar-refractivity contribution < 1.29 is 9.32 Å². The van der Waals surface area contributed by atoms with Crippen LogP contribution in [0.3, 0.4) is 0 Å². The van der Waals surface area contributed by atoms with E-state index >= 15 is 0 Å². The summed E-state index contributed by atoms with van der Waals surface area (Å²) in [5.74, 6) is 1.98. The molecule has 0 saturated heterocycles. The van der Waals surface area contributed by atoms with Gasteiger partial charge in [0.1, 0.15) is 5.82 Å². The molecule has 0 saturated carbocycles. The Balaban J connectivity index is 1.70. The summed E-state index contributed by atoms with van der Waals surface area (Å²) in [4.78, 5) is 20.7. The molecule has 3 rings (SSSR count). The van der Waals surface area contributed by atoms with Gasteiger partial charge in [0.15, 0.2) is 5.82 Å². The molecule has 140 valence electrons. The van der Waals surface area contributed by atoms with E-state index in [9.17, 15) is 4.79 Å². The van der Waals surface area contributed by atoms with E-state index in [1.165, 1.54) is 0 Å². The van der Waals surface area contributed by atoms with Crippen LogP contribution in [0, 0.1) is 0 Å². The second-order valence-corrected chi connectivity index (χ2v) is 6.46. The van der Waals surface area contributed by atoms with Gasteiger partial charge in [-0.2, -0.15) is 4.98 Å². The van der Waals surface area contributed by atoms with Crippen molar-refractivity contribution >= 4 is 11.7 Å². The predicted octanol–water partition coefficient (Wildman–Crippen LogP) is 3.62. The van der Waals surface area contributed by atoms with E-state index < -0.39 is 0 Å². The van der Waals surface area contributed by atoms with Gasteiger partial charge < -0.3 is 15.2 Å². The Morgan fingerprint density at radius 3 is 2.81 bits per heavy atom. The molecule has 0 fully saturated rings. The molecule has 2 N–H and O–H groups in total. The fourth-order valence-corrected chi connectivity index (χ4v) is 2.52. The molecule has 0 aliphatic rings. The molecule has 0 bridgehead atoms. The minimum absolute atomic E-state index is 0.0724. The lowest BCUT2D eigenvalue weighted by atomic mass is 10.1. The summed E-state index contributed by atoms with van der Waals surface area (Å²) in [5, 5.41) is 10.1. The zero-order valence-corrected chi connectivity index (χ0v) is 15.7. The molecule has 3 aromatic rings. The normalized spacial score (nSPS) is 10.8. The monoisotopic (exact) mass is 365 g/mol. The quantitative estimate of drug-likeness (QED) is 0.664. The second kappa shape index (κ2) is 8.44. The minimum Gasteiger partial charge on any atom is -0.366 e. The van der Waals surface area contributed by atoms with Gasteiger partial charge in [0.2, 0.25) is 0 Å². The third-order valence-electron chi connectivity index (χ3n) is 3.97. The van der Waals surface area contributed by atoms with Crippen LogP contribution >= 0.6 is 0 Å². The van der Waals surface area contributed by atoms with Crippen LogP contribution in [0.4, 0.5) is 5.82 Å². The summed E-state index contributed by atoms with van der Waals surface area (Å²) in [7, 11) is 0. The Morgan fingerprint density at radius 1 is 1.22 bits per heavy atom. The number of anilines is 1. The summed E-state index contributed by atoms with van der Waals surface area (Å²) in [6.07, 6.45) is 1.70. The molecule has 0 atom stereocenters. The molecule has 0 radical (unpaired) electrons. The lowest BCUT2D eigenvalue weighted by Gasteiger charge is -2.08. The molecule has 27 heavy (non-hydrogen) atoms. The summed E-state index contributed by atoms with van der Waals surface area (Å²) < 4.78 is 5.33. The summed E-state index contributed by atoms with van der Waals surface area (Å²) in [5.41, 5.74) is 2.44. The smallest absolute Gasteiger partial charge is 0.258 e. The zero-order chi connectivity index (χ0) is 19.2. The topological polar surface area (TPSA) is 92.9 Å². The van der Waals surface area contributed by atoms with Gasteiger partial charge in [0.05, 0.1) is 0 Å². The first-order chi connectivity index (χ1) is 13.1. The molecule has 7 nitrogen and oxygen atoms in total. The van der Waals surface area contributed by atoms with Gasteiger partial charge in [-0.25, -0.2) is 4.98 Å². The van der Waals surface area contributed by atoms with Crippen molar-refractivity contribution in [2.45, 2.75) is 33.2 Å². The van der Waals surface area contributed by atoms with Crippen molar-refractivity contribution in [3.8, 4) is 11.5 Å². The average Bonchev–Trinajstić information content (AvgIpc) is 3.18. The van der Waals surface area contributed by atoms with Crippen LogP contribution in [0.5, 0.6) is 0 Å². The van der Waals surface area contributed by atoms with Crippen LogP contribution in [0.25, 0.3) is 11.5 Å². The number of amides is 1. The lowest BCUT2D eigenvalue weighted by molar-refractivity contribution is 0.0955. The van der Waals surface area contributed by atoms with Gasteiger partial charge in [-0.05, 0) is 36.8 Å². The van der Waals surface area contributed by atoms with Gasteiger partial charge in [0, 0.05) is 36.3 Å². The fourth-order valence-electron chi connectivity index (χ4n) is 2.52. The largest absolute Gasteiger partial charge is 0.366 e. The van der Waals surface area contributed by atoms with E-state index in [1.807, 2.05) is 51.1 Å². The molecular formula is C20H23N5O2. The first kappa shape index (κ1) is 18.6. The van der Waals surface area contributed by atoms with Crippen molar-refractivity contribution in [1.29, 1.82) is 0 Å². The van der Waals surface area contributed by atoms with Gasteiger partial charge >= 0.3 is 0 Å². The number of benzene rings is 1. The molecule has 1 amide bonds. The third-order valence-corrected chi connectivity index (χ3v) is 3.97. The molecule has 0 unspecified atom stereocenters. The number of nitrogens with one attached hydrogen (secondary N) is 2. The van der Waals surface area contributed by atoms with Crippen LogP contribution in [-0.2, 0) is 6.54 Å². The predicted molar refractivity (Wildman–Crippen MR) is 103 cm³/mol. The second-order valence-electron chi connectivity index (χ2n) is 6.46. The third kappa shape index (κ3) is 4.69. The number of carbonyl (C=O) groups excluding carboxylic acids is 1. The SMILES string of the molecule is CCNC(=O)c1cccc(CNc2cc(-c3nc(C(C)C)no3)ccn2)c1. The highest BCUT2D eigenvalue weighted by Crippen LogP contribution is 2.22. The Morgan fingerprint density at radius 2 is 2.07 bits per heavy atom. The van der Waals surface area contributed by atoms with Crippen molar-refractivity contribution in [1.82, 2.24) is 20.4 Å². The zero-order valence-electron chi connectivity index (χ0n) is 15.7. The Kier molecular flexibility index (Phi) is 5.80. The van der Waals surface area contributed by atoms with E-state index in [-0.39, 0.29) is 11.8 Å². The van der Waals surface area contributed by atoms with Crippen molar-refractivity contribution in [2.75, 3.05) is 11.9 Å². The van der Waals surface area contributed by atoms with Gasteiger partial charge in [-0.15, -0.1) is 0 Å². The van der Waals surface area contributed by atoms with Crippen LogP contribution in [0.15, 0.2) is 47.1 Å². The van der Waals surface area contributed by atoms with Crippen molar-refractivity contribution in [3.05, 3.63) is 59.5 Å². The molecular weight excluding hydrogens is 342 g/mol. The molecule has 0 aliphatic carbocycles. The number of nitrogens with zero attached hydrogens (tertiary/aromatic N) is 3.